The van der Waals surface area contributed by atoms with E-state index in [1.807, 2.05) is 59.7 Å². The summed E-state index contributed by atoms with van der Waals surface area (Å²) >= 11 is 2.86. The van der Waals surface area contributed by atoms with Crippen molar-refractivity contribution in [2.45, 2.75) is 63.7 Å². The Labute approximate surface area is 196 Å². The van der Waals surface area contributed by atoms with Crippen LogP contribution in [0.5, 0.6) is 0 Å². The van der Waals surface area contributed by atoms with Crippen LogP contribution < -0.4 is 0 Å². The Morgan fingerprint density at radius 1 is 1.09 bits per heavy atom. The van der Waals surface area contributed by atoms with Gasteiger partial charge in [-0.1, -0.05) is 12.1 Å². The Bertz CT molecular complexity index is 1150. The maximum Gasteiger partial charge on any atom is 0.356 e. The molecule has 0 N–H and O–H groups in total. The second-order valence-corrected chi connectivity index (χ2v) is 11.3. The van der Waals surface area contributed by atoms with Gasteiger partial charge in [0, 0.05) is 27.6 Å². The average Bonchev–Trinajstić information content (AvgIpc) is 3.07. The summed E-state index contributed by atoms with van der Waals surface area (Å²) in [6.07, 6.45) is 1.67. The molecule has 0 saturated heterocycles. The molecule has 0 unspecified atom stereocenters. The molecule has 0 fully saturated rings. The molecule has 1 aromatic carbocycles. The summed E-state index contributed by atoms with van der Waals surface area (Å²) in [6, 6.07) is 7.56. The number of pyridine rings is 1. The van der Waals surface area contributed by atoms with Gasteiger partial charge in [0.2, 0.25) is 0 Å². The molecule has 8 heteroatoms. The molecule has 2 aromatic heterocycles. The van der Waals surface area contributed by atoms with Crippen LogP contribution in [0, 0.1) is 6.92 Å². The predicted octanol–water partition coefficient (Wildman–Crippen LogP) is 6.06. The first-order valence-electron chi connectivity index (χ1n) is 10.4. The van der Waals surface area contributed by atoms with Crippen molar-refractivity contribution in [2.24, 2.45) is 0 Å². The molecule has 170 valence electrons. The lowest BCUT2D eigenvalue weighted by atomic mass is 10.0. The lowest BCUT2D eigenvalue weighted by Crippen LogP contribution is -2.36. The van der Waals surface area contributed by atoms with Crippen LogP contribution in [0.15, 0.2) is 35.4 Å². The van der Waals surface area contributed by atoms with Gasteiger partial charge in [-0.25, -0.2) is 9.78 Å². The number of aromatic nitrogens is 2. The SMILES string of the molecule is CCOC(=O)c1ccc(-c2c(SC(C)(C)C(=O)OC(C)(C)C)ccc3c(C)nsc23)cn1. The maximum absolute atomic E-state index is 12.9. The number of fused-ring (bicyclic) bond motifs is 1. The highest BCUT2D eigenvalue weighted by Crippen LogP contribution is 2.44. The Morgan fingerprint density at radius 2 is 1.81 bits per heavy atom. The van der Waals surface area contributed by atoms with Crippen LogP contribution in [0.25, 0.3) is 21.2 Å². The summed E-state index contributed by atoms with van der Waals surface area (Å²) in [7, 11) is 0. The Kier molecular flexibility index (Phi) is 6.95. The highest BCUT2D eigenvalue weighted by atomic mass is 32.2. The molecule has 0 amide bonds. The van der Waals surface area contributed by atoms with Crippen LogP contribution in [-0.2, 0) is 14.3 Å². The number of carbonyl (C=O) groups excluding carboxylic acids is 2. The van der Waals surface area contributed by atoms with Gasteiger partial charge in [-0.15, -0.1) is 11.8 Å². The normalized spacial score (nSPS) is 12.1. The third-order valence-corrected chi connectivity index (χ3v) is 6.78. The fourth-order valence-electron chi connectivity index (χ4n) is 3.05. The van der Waals surface area contributed by atoms with E-state index in [0.29, 0.717) is 6.61 Å². The van der Waals surface area contributed by atoms with E-state index in [4.69, 9.17) is 9.47 Å². The Balaban J connectivity index is 2.06. The summed E-state index contributed by atoms with van der Waals surface area (Å²) in [4.78, 5) is 30.1. The largest absolute Gasteiger partial charge is 0.461 e. The summed E-state index contributed by atoms with van der Waals surface area (Å²) in [5.74, 6) is -0.733. The number of esters is 2. The minimum Gasteiger partial charge on any atom is -0.461 e. The molecule has 0 aliphatic heterocycles. The van der Waals surface area contributed by atoms with Crippen LogP contribution in [-0.4, -0.2) is 38.3 Å². The molecule has 0 aliphatic carbocycles. The molecule has 0 atom stereocenters. The second-order valence-electron chi connectivity index (χ2n) is 8.85. The van der Waals surface area contributed by atoms with E-state index in [0.717, 1.165) is 31.8 Å². The van der Waals surface area contributed by atoms with E-state index in [2.05, 4.69) is 9.36 Å². The zero-order chi connectivity index (χ0) is 23.7. The van der Waals surface area contributed by atoms with E-state index in [1.165, 1.54) is 23.3 Å². The van der Waals surface area contributed by atoms with Gasteiger partial charge in [-0.2, -0.15) is 4.37 Å². The van der Waals surface area contributed by atoms with Crippen molar-refractivity contribution in [1.29, 1.82) is 0 Å². The fraction of sp³-hybridized carbons (Fsp3) is 0.417. The van der Waals surface area contributed by atoms with Crippen LogP contribution >= 0.6 is 23.3 Å². The molecule has 3 rings (SSSR count). The predicted molar refractivity (Wildman–Crippen MR) is 129 cm³/mol. The van der Waals surface area contributed by atoms with Gasteiger partial charge in [0.1, 0.15) is 16.0 Å². The number of aryl methyl sites for hydroxylation is 1. The number of thioether (sulfide) groups is 1. The zero-order valence-corrected chi connectivity index (χ0v) is 21.1. The average molecular weight is 473 g/mol. The van der Waals surface area contributed by atoms with E-state index >= 15 is 0 Å². The number of rotatable bonds is 6. The second kappa shape index (κ2) is 9.19. The van der Waals surface area contributed by atoms with Crippen LogP contribution in [0.4, 0.5) is 0 Å². The number of benzene rings is 1. The zero-order valence-electron chi connectivity index (χ0n) is 19.4. The molecule has 0 saturated carbocycles. The minimum absolute atomic E-state index is 0.256. The lowest BCUT2D eigenvalue weighted by molar-refractivity contribution is -0.156. The van der Waals surface area contributed by atoms with E-state index in [9.17, 15) is 9.59 Å². The third kappa shape index (κ3) is 5.30. The van der Waals surface area contributed by atoms with Gasteiger partial charge < -0.3 is 9.47 Å². The summed E-state index contributed by atoms with van der Waals surface area (Å²) in [5, 5.41) is 1.05. The van der Waals surface area contributed by atoms with Crippen molar-refractivity contribution in [3.63, 3.8) is 0 Å². The summed E-state index contributed by atoms with van der Waals surface area (Å²) in [5.41, 5.74) is 2.42. The Hall–Kier alpha value is -2.45. The van der Waals surface area contributed by atoms with Crippen LogP contribution in [0.2, 0.25) is 0 Å². The number of hydrogen-bond acceptors (Lipinski definition) is 8. The van der Waals surface area contributed by atoms with Crippen molar-refractivity contribution in [3.8, 4) is 11.1 Å². The smallest absolute Gasteiger partial charge is 0.356 e. The number of carbonyl (C=O) groups is 2. The van der Waals surface area contributed by atoms with Crippen molar-refractivity contribution in [1.82, 2.24) is 9.36 Å². The molecule has 3 aromatic rings. The molecule has 6 nitrogen and oxygen atoms in total. The third-order valence-electron chi connectivity index (χ3n) is 4.58. The number of ether oxygens (including phenoxy) is 2. The first-order valence-corrected chi connectivity index (χ1v) is 12.0. The Morgan fingerprint density at radius 3 is 2.41 bits per heavy atom. The van der Waals surface area contributed by atoms with Gasteiger partial charge in [0.25, 0.3) is 0 Å². The molecule has 0 aliphatic rings. The van der Waals surface area contributed by atoms with E-state index < -0.39 is 16.3 Å². The molecular formula is C24H28N2O4S2. The molecule has 2 heterocycles. The van der Waals surface area contributed by atoms with Gasteiger partial charge in [0.05, 0.1) is 17.0 Å². The molecule has 0 spiro atoms. The topological polar surface area (TPSA) is 78.4 Å². The van der Waals surface area contributed by atoms with Crippen molar-refractivity contribution >= 4 is 45.3 Å². The summed E-state index contributed by atoms with van der Waals surface area (Å²) in [6.45, 7) is 13.3. The molecule has 0 radical (unpaired) electrons. The lowest BCUT2D eigenvalue weighted by Gasteiger charge is -2.28. The molecule has 32 heavy (non-hydrogen) atoms. The first-order chi connectivity index (χ1) is 14.9. The number of hydrogen-bond donors (Lipinski definition) is 0. The van der Waals surface area contributed by atoms with Crippen molar-refractivity contribution < 1.29 is 19.1 Å². The quantitative estimate of drug-likeness (QED) is 0.319. The highest BCUT2D eigenvalue weighted by Gasteiger charge is 2.35. The van der Waals surface area contributed by atoms with Crippen molar-refractivity contribution in [3.05, 3.63) is 41.9 Å². The van der Waals surface area contributed by atoms with Gasteiger partial charge in [-0.3, -0.25) is 4.79 Å². The first kappa shape index (κ1) is 24.2. The van der Waals surface area contributed by atoms with E-state index in [-0.39, 0.29) is 11.7 Å². The molecular weight excluding hydrogens is 444 g/mol. The minimum atomic E-state index is -0.812. The van der Waals surface area contributed by atoms with Gasteiger partial charge in [-0.05, 0) is 72.1 Å². The van der Waals surface area contributed by atoms with E-state index in [1.54, 1.807) is 19.2 Å². The van der Waals surface area contributed by atoms with Crippen molar-refractivity contribution in [2.75, 3.05) is 6.61 Å². The van der Waals surface area contributed by atoms with Crippen LogP contribution in [0.3, 0.4) is 0 Å². The van der Waals surface area contributed by atoms with Gasteiger partial charge in [0.15, 0.2) is 0 Å². The monoisotopic (exact) mass is 472 g/mol. The molecule has 0 bridgehead atoms. The maximum atomic E-state index is 12.9. The van der Waals surface area contributed by atoms with Crippen LogP contribution in [0.1, 0.15) is 57.7 Å². The summed E-state index contributed by atoms with van der Waals surface area (Å²) < 4.78 is 15.4. The fourth-order valence-corrected chi connectivity index (χ4v) is 5.21. The van der Waals surface area contributed by atoms with Gasteiger partial charge >= 0.3 is 11.9 Å². The number of nitrogens with zero attached hydrogens (tertiary/aromatic N) is 2. The highest BCUT2D eigenvalue weighted by molar-refractivity contribution is 8.01. The standard InChI is InChI=1S/C24H28N2O4S2/c1-8-29-21(27)17-11-9-15(13-25-17)19-18(12-10-16-14(2)26-32-20(16)19)31-24(6,7)22(28)30-23(3,4)5/h9-13H,8H2,1-7H3.